The zero-order chi connectivity index (χ0) is 15.0. The van der Waals surface area contributed by atoms with E-state index in [9.17, 15) is 0 Å². The molecule has 1 aromatic heterocycles. The Morgan fingerprint density at radius 1 is 1.29 bits per heavy atom. The summed E-state index contributed by atoms with van der Waals surface area (Å²) in [7, 11) is 0. The number of hydrogen-bond donors (Lipinski definition) is 1. The highest BCUT2D eigenvalue weighted by Gasteiger charge is 2.37. The van der Waals surface area contributed by atoms with Crippen LogP contribution < -0.4 is 5.73 Å². The van der Waals surface area contributed by atoms with Gasteiger partial charge in [-0.3, -0.25) is 4.68 Å². The molecule has 1 aliphatic rings. The molecular weight excluding hydrogens is 326 g/mol. The lowest BCUT2D eigenvalue weighted by atomic mass is 9.80. The number of hydrogen-bond acceptors (Lipinski definition) is 2. The van der Waals surface area contributed by atoms with E-state index in [0.717, 1.165) is 36.0 Å². The minimum Gasteiger partial charge on any atom is -0.330 e. The predicted molar refractivity (Wildman–Crippen MR) is 89.4 cm³/mol. The van der Waals surface area contributed by atoms with Crippen molar-refractivity contribution in [2.45, 2.75) is 39.7 Å². The molecule has 1 heterocycles. The molecule has 0 saturated carbocycles. The van der Waals surface area contributed by atoms with Gasteiger partial charge in [0.25, 0.3) is 0 Å². The van der Waals surface area contributed by atoms with E-state index in [-0.39, 0.29) is 5.41 Å². The second-order valence-electron chi connectivity index (χ2n) is 6.17. The fourth-order valence-electron chi connectivity index (χ4n) is 3.51. The summed E-state index contributed by atoms with van der Waals surface area (Å²) in [5, 5.41) is 4.61. The molecule has 0 unspecified atom stereocenters. The molecule has 0 aliphatic heterocycles. The first-order chi connectivity index (χ1) is 10.1. The maximum Gasteiger partial charge on any atom is 0.0738 e. The molecule has 0 amide bonds. The Morgan fingerprint density at radius 2 is 1.90 bits per heavy atom. The monoisotopic (exact) mass is 347 g/mol. The average molecular weight is 348 g/mol. The van der Waals surface area contributed by atoms with Crippen LogP contribution >= 0.6 is 15.9 Å². The lowest BCUT2D eigenvalue weighted by Crippen LogP contribution is -2.34. The van der Waals surface area contributed by atoms with Crippen LogP contribution in [0.3, 0.4) is 0 Å². The minimum absolute atomic E-state index is 0.131. The molecule has 0 bridgehead atoms. The summed E-state index contributed by atoms with van der Waals surface area (Å²) in [6, 6.07) is 8.73. The second kappa shape index (κ2) is 5.58. The van der Waals surface area contributed by atoms with Crippen LogP contribution in [0.25, 0.3) is 0 Å². The third-order valence-corrected chi connectivity index (χ3v) is 5.71. The van der Waals surface area contributed by atoms with Gasteiger partial charge in [0.05, 0.1) is 15.9 Å². The van der Waals surface area contributed by atoms with Gasteiger partial charge in [0.15, 0.2) is 0 Å². The van der Waals surface area contributed by atoms with Crippen LogP contribution in [0.4, 0.5) is 0 Å². The lowest BCUT2D eigenvalue weighted by Gasteiger charge is -2.27. The van der Waals surface area contributed by atoms with E-state index in [0.29, 0.717) is 6.54 Å². The zero-order valence-corrected chi connectivity index (χ0v) is 14.3. The minimum atomic E-state index is 0.131. The number of halogens is 1. The molecule has 0 saturated heterocycles. The molecule has 0 spiro atoms. The van der Waals surface area contributed by atoms with Crippen molar-refractivity contribution in [2.24, 2.45) is 11.1 Å². The number of aromatic nitrogens is 2. The van der Waals surface area contributed by atoms with E-state index in [4.69, 9.17) is 5.73 Å². The number of rotatable bonds is 4. The van der Waals surface area contributed by atoms with E-state index in [1.54, 1.807) is 0 Å². The molecule has 1 aliphatic carbocycles. The molecule has 3 rings (SSSR count). The first-order valence-corrected chi connectivity index (χ1v) is 8.36. The summed E-state index contributed by atoms with van der Waals surface area (Å²) in [6.45, 7) is 5.80. The molecule has 2 aromatic rings. The van der Waals surface area contributed by atoms with Gasteiger partial charge >= 0.3 is 0 Å². The maximum atomic E-state index is 6.20. The quantitative estimate of drug-likeness (QED) is 0.922. The molecule has 1 aromatic carbocycles. The lowest BCUT2D eigenvalue weighted by molar-refractivity contribution is 0.305. The molecular formula is C17H22BrN3. The fraction of sp³-hybridized carbons (Fsp3) is 0.471. The van der Waals surface area contributed by atoms with Gasteiger partial charge in [-0.2, -0.15) is 5.10 Å². The third-order valence-electron chi connectivity index (χ3n) is 4.68. The van der Waals surface area contributed by atoms with Gasteiger partial charge in [0.1, 0.15) is 0 Å². The molecule has 2 N–H and O–H groups in total. The number of fused-ring (bicyclic) bond motifs is 1. The van der Waals surface area contributed by atoms with Crippen LogP contribution in [-0.4, -0.2) is 16.3 Å². The van der Waals surface area contributed by atoms with Crippen molar-refractivity contribution >= 4 is 15.9 Å². The molecule has 0 radical (unpaired) electrons. The van der Waals surface area contributed by atoms with Gasteiger partial charge in [0, 0.05) is 6.54 Å². The van der Waals surface area contributed by atoms with Crippen LogP contribution in [0, 0.1) is 12.3 Å². The Kier molecular flexibility index (Phi) is 3.93. The van der Waals surface area contributed by atoms with Gasteiger partial charge in [0.2, 0.25) is 0 Å². The molecule has 0 atom stereocenters. The van der Waals surface area contributed by atoms with Crippen molar-refractivity contribution in [3.05, 3.63) is 51.3 Å². The Bertz CT molecular complexity index is 635. The van der Waals surface area contributed by atoms with Crippen LogP contribution in [-0.2, 0) is 25.8 Å². The van der Waals surface area contributed by atoms with Crippen molar-refractivity contribution in [3.8, 4) is 0 Å². The highest BCUT2D eigenvalue weighted by atomic mass is 79.9. The summed E-state index contributed by atoms with van der Waals surface area (Å²) in [4.78, 5) is 0. The number of aryl methyl sites for hydroxylation is 2. The summed E-state index contributed by atoms with van der Waals surface area (Å²) in [6.07, 6.45) is 3.12. The largest absolute Gasteiger partial charge is 0.330 e. The highest BCUT2D eigenvalue weighted by Crippen LogP contribution is 2.40. The Morgan fingerprint density at radius 3 is 2.43 bits per heavy atom. The Balaban J connectivity index is 1.94. The van der Waals surface area contributed by atoms with Crippen LogP contribution in [0.5, 0.6) is 0 Å². The van der Waals surface area contributed by atoms with E-state index in [2.05, 4.69) is 63.8 Å². The first-order valence-electron chi connectivity index (χ1n) is 7.57. The van der Waals surface area contributed by atoms with Gasteiger partial charge in [-0.15, -0.1) is 0 Å². The van der Waals surface area contributed by atoms with Gasteiger partial charge in [-0.25, -0.2) is 0 Å². The summed E-state index contributed by atoms with van der Waals surface area (Å²) < 4.78 is 3.26. The molecule has 4 heteroatoms. The first kappa shape index (κ1) is 14.8. The second-order valence-corrected chi connectivity index (χ2v) is 6.96. The Hall–Kier alpha value is -1.13. The van der Waals surface area contributed by atoms with Crippen molar-refractivity contribution in [3.63, 3.8) is 0 Å². The number of benzene rings is 1. The summed E-state index contributed by atoms with van der Waals surface area (Å²) >= 11 is 3.71. The van der Waals surface area contributed by atoms with Gasteiger partial charge in [-0.05, 0) is 72.1 Å². The molecule has 3 nitrogen and oxygen atoms in total. The maximum absolute atomic E-state index is 6.20. The number of nitrogens with two attached hydrogens (primary N) is 1. The smallest absolute Gasteiger partial charge is 0.0738 e. The highest BCUT2D eigenvalue weighted by molar-refractivity contribution is 9.10. The zero-order valence-electron chi connectivity index (χ0n) is 12.7. The van der Waals surface area contributed by atoms with E-state index in [1.807, 2.05) is 0 Å². The van der Waals surface area contributed by atoms with Crippen molar-refractivity contribution < 1.29 is 0 Å². The van der Waals surface area contributed by atoms with Crippen molar-refractivity contribution in [1.82, 2.24) is 9.78 Å². The van der Waals surface area contributed by atoms with Gasteiger partial charge in [-0.1, -0.05) is 24.3 Å². The molecule has 0 fully saturated rings. The van der Waals surface area contributed by atoms with Crippen molar-refractivity contribution in [1.29, 1.82) is 0 Å². The van der Waals surface area contributed by atoms with Crippen molar-refractivity contribution in [2.75, 3.05) is 6.54 Å². The summed E-state index contributed by atoms with van der Waals surface area (Å²) in [5.41, 5.74) is 11.6. The van der Waals surface area contributed by atoms with Crippen LogP contribution in [0.2, 0.25) is 0 Å². The van der Waals surface area contributed by atoms with Crippen LogP contribution in [0.15, 0.2) is 28.7 Å². The number of nitrogens with zero attached hydrogens (tertiary/aromatic N) is 2. The van der Waals surface area contributed by atoms with Gasteiger partial charge < -0.3 is 5.73 Å². The normalized spacial score (nSPS) is 16.2. The van der Waals surface area contributed by atoms with E-state index in [1.165, 1.54) is 16.8 Å². The SMILES string of the molecule is CCn1nc(C)c(Br)c1CC1(CN)Cc2ccccc2C1. The topological polar surface area (TPSA) is 43.8 Å². The third kappa shape index (κ3) is 2.55. The standard InChI is InChI=1S/C17H22BrN3/c1-3-21-15(16(18)12(2)20-21)10-17(11-19)8-13-6-4-5-7-14(13)9-17/h4-7H,3,8-11,19H2,1-2H3. The fourth-order valence-corrected chi connectivity index (χ4v) is 3.93. The van der Waals surface area contributed by atoms with Crippen LogP contribution in [0.1, 0.15) is 29.4 Å². The predicted octanol–water partition coefficient (Wildman–Crippen LogP) is 3.26. The molecule has 112 valence electrons. The van der Waals surface area contributed by atoms with E-state index >= 15 is 0 Å². The average Bonchev–Trinajstić information content (AvgIpc) is 3.00. The summed E-state index contributed by atoms with van der Waals surface area (Å²) in [5.74, 6) is 0. The Labute approximate surface area is 134 Å². The molecule has 21 heavy (non-hydrogen) atoms. The van der Waals surface area contributed by atoms with E-state index < -0.39 is 0 Å².